The molecule has 0 atom stereocenters. The van der Waals surface area contributed by atoms with E-state index in [1.54, 1.807) is 7.11 Å². The predicted octanol–water partition coefficient (Wildman–Crippen LogP) is 2.45. The highest BCUT2D eigenvalue weighted by atomic mass is 16.5. The Bertz CT molecular complexity index is 735. The van der Waals surface area contributed by atoms with Crippen LogP contribution in [-0.2, 0) is 10.2 Å². The fraction of sp³-hybridized carbons (Fsp3) is 0.474. The number of carbonyl (C=O) groups excluding carboxylic acids is 1. The van der Waals surface area contributed by atoms with Crippen LogP contribution in [0.1, 0.15) is 25.0 Å². The van der Waals surface area contributed by atoms with Gasteiger partial charge in [-0.2, -0.15) is 0 Å². The van der Waals surface area contributed by atoms with Gasteiger partial charge in [0.25, 0.3) is 0 Å². The number of hydrogen-bond acceptors (Lipinski definition) is 5. The SMILES string of the molecule is COc1cccc(-c2cc(C3(C(=O)NCCCN(C)C)CC3)no2)c1. The molecule has 1 fully saturated rings. The molecule has 1 aromatic heterocycles. The first-order valence-electron chi connectivity index (χ1n) is 8.60. The predicted molar refractivity (Wildman–Crippen MR) is 95.6 cm³/mol. The van der Waals surface area contributed by atoms with Crippen molar-refractivity contribution in [3.8, 4) is 17.1 Å². The molecule has 0 saturated heterocycles. The lowest BCUT2D eigenvalue weighted by atomic mass is 10.0. The van der Waals surface area contributed by atoms with Crippen LogP contribution in [0.4, 0.5) is 0 Å². The van der Waals surface area contributed by atoms with E-state index in [1.165, 1.54) is 0 Å². The minimum Gasteiger partial charge on any atom is -0.497 e. The van der Waals surface area contributed by atoms with Crippen molar-refractivity contribution in [3.05, 3.63) is 36.0 Å². The van der Waals surface area contributed by atoms with Crippen LogP contribution >= 0.6 is 0 Å². The van der Waals surface area contributed by atoms with Crippen molar-refractivity contribution in [2.45, 2.75) is 24.7 Å². The number of ether oxygens (including phenoxy) is 1. The van der Waals surface area contributed by atoms with Crippen molar-refractivity contribution in [1.29, 1.82) is 0 Å². The van der Waals surface area contributed by atoms with Crippen LogP contribution < -0.4 is 10.1 Å². The van der Waals surface area contributed by atoms with Gasteiger partial charge >= 0.3 is 0 Å². The molecule has 1 aliphatic rings. The average Bonchev–Trinajstić information content (AvgIpc) is 3.28. The number of hydrogen-bond donors (Lipinski definition) is 1. The summed E-state index contributed by atoms with van der Waals surface area (Å²) in [6.45, 7) is 1.64. The number of nitrogens with zero attached hydrogens (tertiary/aromatic N) is 2. The Balaban J connectivity index is 1.67. The lowest BCUT2D eigenvalue weighted by Crippen LogP contribution is -2.36. The molecule has 1 N–H and O–H groups in total. The van der Waals surface area contributed by atoms with Crippen LogP contribution in [0.3, 0.4) is 0 Å². The van der Waals surface area contributed by atoms with Gasteiger partial charge in [-0.15, -0.1) is 0 Å². The molecule has 3 rings (SSSR count). The summed E-state index contributed by atoms with van der Waals surface area (Å²) >= 11 is 0. The third-order valence-electron chi connectivity index (χ3n) is 4.61. The molecular weight excluding hydrogens is 318 g/mol. The van der Waals surface area contributed by atoms with E-state index in [0.717, 1.165) is 42.8 Å². The van der Waals surface area contributed by atoms with Gasteiger partial charge in [-0.05, 0) is 52.0 Å². The molecule has 1 heterocycles. The second-order valence-electron chi connectivity index (χ2n) is 6.80. The Morgan fingerprint density at radius 1 is 1.36 bits per heavy atom. The molecule has 0 radical (unpaired) electrons. The van der Waals surface area contributed by atoms with Crippen molar-refractivity contribution >= 4 is 5.91 Å². The summed E-state index contributed by atoms with van der Waals surface area (Å²) in [5.41, 5.74) is 1.09. The lowest BCUT2D eigenvalue weighted by Gasteiger charge is -2.13. The Morgan fingerprint density at radius 3 is 2.84 bits per heavy atom. The molecule has 0 aliphatic heterocycles. The molecule has 6 nitrogen and oxygen atoms in total. The van der Waals surface area contributed by atoms with Gasteiger partial charge in [0, 0.05) is 18.2 Å². The second kappa shape index (κ2) is 7.27. The van der Waals surface area contributed by atoms with Gasteiger partial charge in [0.15, 0.2) is 5.76 Å². The number of amides is 1. The summed E-state index contributed by atoms with van der Waals surface area (Å²) in [6, 6.07) is 9.49. The Kier molecular flexibility index (Phi) is 5.08. The maximum Gasteiger partial charge on any atom is 0.232 e. The van der Waals surface area contributed by atoms with Crippen molar-refractivity contribution in [2.24, 2.45) is 0 Å². The first-order valence-corrected chi connectivity index (χ1v) is 8.60. The second-order valence-corrected chi connectivity index (χ2v) is 6.80. The summed E-state index contributed by atoms with van der Waals surface area (Å²) in [5, 5.41) is 7.21. The molecule has 1 amide bonds. The summed E-state index contributed by atoms with van der Waals surface area (Å²) in [5.74, 6) is 1.47. The Morgan fingerprint density at radius 2 is 2.16 bits per heavy atom. The van der Waals surface area contributed by atoms with Gasteiger partial charge < -0.3 is 19.5 Å². The molecule has 6 heteroatoms. The van der Waals surface area contributed by atoms with Gasteiger partial charge in [0.05, 0.1) is 18.2 Å². The first-order chi connectivity index (χ1) is 12.0. The van der Waals surface area contributed by atoms with Crippen LogP contribution in [0.2, 0.25) is 0 Å². The van der Waals surface area contributed by atoms with Crippen LogP contribution in [0.25, 0.3) is 11.3 Å². The summed E-state index contributed by atoms with van der Waals surface area (Å²) < 4.78 is 10.7. The van der Waals surface area contributed by atoms with E-state index in [9.17, 15) is 4.79 Å². The van der Waals surface area contributed by atoms with Crippen molar-refractivity contribution < 1.29 is 14.1 Å². The van der Waals surface area contributed by atoms with E-state index in [0.29, 0.717) is 12.3 Å². The minimum absolute atomic E-state index is 0.0525. The Labute approximate surface area is 148 Å². The van der Waals surface area contributed by atoms with E-state index >= 15 is 0 Å². The van der Waals surface area contributed by atoms with Crippen molar-refractivity contribution in [3.63, 3.8) is 0 Å². The van der Waals surface area contributed by atoms with Crippen LogP contribution in [-0.4, -0.2) is 50.3 Å². The van der Waals surface area contributed by atoms with E-state index in [1.807, 2.05) is 44.4 Å². The molecular formula is C19H25N3O3. The number of methoxy groups -OCH3 is 1. The highest BCUT2D eigenvalue weighted by molar-refractivity contribution is 5.91. The minimum atomic E-state index is -0.515. The maximum atomic E-state index is 12.6. The molecule has 25 heavy (non-hydrogen) atoms. The summed E-state index contributed by atoms with van der Waals surface area (Å²) in [4.78, 5) is 14.7. The van der Waals surface area contributed by atoms with Gasteiger partial charge in [-0.3, -0.25) is 4.79 Å². The average molecular weight is 343 g/mol. The molecule has 0 unspecified atom stereocenters. The zero-order chi connectivity index (χ0) is 17.9. The summed E-state index contributed by atoms with van der Waals surface area (Å²) in [6.07, 6.45) is 2.57. The molecule has 134 valence electrons. The van der Waals surface area contributed by atoms with E-state index in [-0.39, 0.29) is 5.91 Å². The maximum absolute atomic E-state index is 12.6. The molecule has 2 aromatic rings. The van der Waals surface area contributed by atoms with Gasteiger partial charge in [0.2, 0.25) is 5.91 Å². The van der Waals surface area contributed by atoms with Crippen LogP contribution in [0.15, 0.2) is 34.9 Å². The molecule has 1 aromatic carbocycles. The van der Waals surface area contributed by atoms with Crippen molar-refractivity contribution in [2.75, 3.05) is 34.3 Å². The zero-order valence-corrected chi connectivity index (χ0v) is 15.0. The third kappa shape index (κ3) is 3.85. The van der Waals surface area contributed by atoms with Crippen LogP contribution in [0.5, 0.6) is 5.75 Å². The molecule has 1 aliphatic carbocycles. The van der Waals surface area contributed by atoms with E-state index in [4.69, 9.17) is 9.26 Å². The largest absolute Gasteiger partial charge is 0.497 e. The van der Waals surface area contributed by atoms with Gasteiger partial charge in [0.1, 0.15) is 5.75 Å². The molecule has 0 spiro atoms. The highest BCUT2D eigenvalue weighted by Crippen LogP contribution is 2.48. The number of rotatable bonds is 8. The quantitative estimate of drug-likeness (QED) is 0.746. The zero-order valence-electron chi connectivity index (χ0n) is 15.0. The standard InChI is InChI=1S/C19H25N3O3/c1-22(2)11-5-10-20-18(23)19(8-9-19)17-13-16(25-21-17)14-6-4-7-15(12-14)24-3/h4,6-7,12-13H,5,8-11H2,1-3H3,(H,20,23). The number of benzene rings is 1. The van der Waals surface area contributed by atoms with Gasteiger partial charge in [-0.1, -0.05) is 17.3 Å². The highest BCUT2D eigenvalue weighted by Gasteiger charge is 2.53. The normalized spacial score (nSPS) is 15.2. The molecule has 0 bridgehead atoms. The number of nitrogens with one attached hydrogen (secondary N) is 1. The fourth-order valence-corrected chi connectivity index (χ4v) is 2.90. The van der Waals surface area contributed by atoms with Crippen molar-refractivity contribution in [1.82, 2.24) is 15.4 Å². The number of carbonyl (C=O) groups is 1. The van der Waals surface area contributed by atoms with Crippen LogP contribution in [0, 0.1) is 0 Å². The third-order valence-corrected chi connectivity index (χ3v) is 4.61. The fourth-order valence-electron chi connectivity index (χ4n) is 2.90. The molecule has 1 saturated carbocycles. The van der Waals surface area contributed by atoms with E-state index in [2.05, 4.69) is 15.4 Å². The lowest BCUT2D eigenvalue weighted by molar-refractivity contribution is -0.123. The Hall–Kier alpha value is -2.34. The first kappa shape index (κ1) is 17.5. The smallest absolute Gasteiger partial charge is 0.232 e. The monoisotopic (exact) mass is 343 g/mol. The topological polar surface area (TPSA) is 67.6 Å². The number of aromatic nitrogens is 1. The van der Waals surface area contributed by atoms with Gasteiger partial charge in [-0.25, -0.2) is 0 Å². The summed E-state index contributed by atoms with van der Waals surface area (Å²) in [7, 11) is 5.68. The van der Waals surface area contributed by atoms with E-state index < -0.39 is 5.41 Å².